The van der Waals surface area contributed by atoms with E-state index in [0.717, 1.165) is 0 Å². The van der Waals surface area contributed by atoms with Crippen molar-refractivity contribution in [2.45, 2.75) is 19.9 Å². The van der Waals surface area contributed by atoms with Gasteiger partial charge in [-0.05, 0) is 36.4 Å². The number of carbonyl (C=O) groups excluding carboxylic acids is 1. The number of halogens is 1. The van der Waals surface area contributed by atoms with Crippen molar-refractivity contribution in [2.75, 3.05) is 24.9 Å². The molecule has 156 valence electrons. The third-order valence-electron chi connectivity index (χ3n) is 4.71. The molecule has 30 heavy (non-hydrogen) atoms. The summed E-state index contributed by atoms with van der Waals surface area (Å²) in [6.07, 6.45) is 0. The van der Waals surface area contributed by atoms with E-state index in [1.807, 2.05) is 13.0 Å². The molecular weight excluding hydrogens is 412 g/mol. The first-order chi connectivity index (χ1) is 14.4. The fraction of sp³-hybridized carbons (Fsp3) is 0.263. The molecule has 0 fully saturated rings. The van der Waals surface area contributed by atoms with Crippen LogP contribution in [0, 0.1) is 6.92 Å². The van der Waals surface area contributed by atoms with Gasteiger partial charge in [-0.15, -0.1) is 0 Å². The van der Waals surface area contributed by atoms with E-state index in [1.54, 1.807) is 25.1 Å². The first-order valence-electron chi connectivity index (χ1n) is 8.97. The van der Waals surface area contributed by atoms with Gasteiger partial charge in [-0.3, -0.25) is 4.79 Å². The van der Waals surface area contributed by atoms with Crippen LogP contribution in [0.5, 0.6) is 11.5 Å². The Morgan fingerprint density at radius 2 is 2.00 bits per heavy atom. The molecule has 3 aromatic rings. The third kappa shape index (κ3) is 3.35. The number of hydrogen-bond donors (Lipinski definition) is 2. The molecule has 10 nitrogen and oxygen atoms in total. The monoisotopic (exact) mass is 430 g/mol. The van der Waals surface area contributed by atoms with Crippen molar-refractivity contribution in [3.8, 4) is 11.5 Å². The van der Waals surface area contributed by atoms with E-state index in [4.69, 9.17) is 25.5 Å². The number of tetrazole rings is 1. The maximum absolute atomic E-state index is 13.4. The van der Waals surface area contributed by atoms with Crippen LogP contribution in [-0.4, -0.2) is 40.3 Å². The average molecular weight is 431 g/mol. The molecule has 0 saturated heterocycles. The standard InChI is InChI=1S/C19H19ClN6O4/c1-9-5-6-13(30-9)17-16(10(2)21-19-23-24-25-26(17)19)18(27)22-12-8-14(28-3)11(20)7-15(12)29-4/h5-8,17H,1-4H3,(H,22,27)(H,21,23,25)/t17-/m0/s1. The Balaban J connectivity index is 1.75. The Morgan fingerprint density at radius 1 is 1.23 bits per heavy atom. The number of ether oxygens (including phenoxy) is 2. The molecule has 1 aromatic carbocycles. The number of amides is 1. The molecule has 1 amide bonds. The number of benzene rings is 1. The highest BCUT2D eigenvalue weighted by molar-refractivity contribution is 6.32. The zero-order chi connectivity index (χ0) is 21.4. The summed E-state index contributed by atoms with van der Waals surface area (Å²) in [6.45, 7) is 3.60. The summed E-state index contributed by atoms with van der Waals surface area (Å²) in [5.74, 6) is 2.06. The lowest BCUT2D eigenvalue weighted by Crippen LogP contribution is -2.31. The van der Waals surface area contributed by atoms with Gasteiger partial charge in [-0.1, -0.05) is 16.7 Å². The first-order valence-corrected chi connectivity index (χ1v) is 9.35. The zero-order valence-electron chi connectivity index (χ0n) is 16.7. The predicted molar refractivity (Wildman–Crippen MR) is 109 cm³/mol. The summed E-state index contributed by atoms with van der Waals surface area (Å²) >= 11 is 6.16. The summed E-state index contributed by atoms with van der Waals surface area (Å²) in [6, 6.07) is 6.14. The van der Waals surface area contributed by atoms with Crippen molar-refractivity contribution in [1.82, 2.24) is 20.2 Å². The lowest BCUT2D eigenvalue weighted by Gasteiger charge is -2.26. The van der Waals surface area contributed by atoms with Crippen LogP contribution in [-0.2, 0) is 4.79 Å². The number of carbonyl (C=O) groups is 1. The van der Waals surface area contributed by atoms with Crippen LogP contribution in [0.3, 0.4) is 0 Å². The van der Waals surface area contributed by atoms with Gasteiger partial charge in [0.2, 0.25) is 5.95 Å². The first kappa shape index (κ1) is 19.8. The summed E-state index contributed by atoms with van der Waals surface area (Å²) < 4.78 is 17.9. The minimum atomic E-state index is -0.648. The van der Waals surface area contributed by atoms with E-state index in [1.165, 1.54) is 18.9 Å². The second-order valence-corrected chi connectivity index (χ2v) is 7.01. The summed E-state index contributed by atoms with van der Waals surface area (Å²) in [5, 5.41) is 18.0. The Kier molecular flexibility index (Phi) is 5.08. The molecule has 3 heterocycles. The molecule has 0 saturated carbocycles. The molecule has 1 aliphatic heterocycles. The number of methoxy groups -OCH3 is 2. The van der Waals surface area contributed by atoms with Gasteiger partial charge in [0.05, 0.1) is 30.5 Å². The molecule has 0 spiro atoms. The average Bonchev–Trinajstić information content (AvgIpc) is 3.36. The van der Waals surface area contributed by atoms with Crippen LogP contribution in [0.15, 0.2) is 40.0 Å². The Labute approximate surface area is 176 Å². The maximum atomic E-state index is 13.4. The fourth-order valence-corrected chi connectivity index (χ4v) is 3.55. The highest BCUT2D eigenvalue weighted by Gasteiger charge is 2.36. The predicted octanol–water partition coefficient (Wildman–Crippen LogP) is 3.17. The molecule has 0 bridgehead atoms. The van der Waals surface area contributed by atoms with Crippen LogP contribution < -0.4 is 20.1 Å². The number of nitrogens with zero attached hydrogens (tertiary/aromatic N) is 4. The van der Waals surface area contributed by atoms with Crippen molar-refractivity contribution >= 4 is 29.1 Å². The minimum absolute atomic E-state index is 0.365. The Bertz CT molecular complexity index is 1150. The van der Waals surface area contributed by atoms with Crippen LogP contribution in [0.25, 0.3) is 0 Å². The number of anilines is 2. The van der Waals surface area contributed by atoms with Gasteiger partial charge >= 0.3 is 0 Å². The second kappa shape index (κ2) is 7.71. The van der Waals surface area contributed by atoms with Crippen molar-refractivity contribution in [3.05, 3.63) is 52.1 Å². The minimum Gasteiger partial charge on any atom is -0.495 e. The molecule has 0 radical (unpaired) electrons. The Morgan fingerprint density at radius 3 is 2.67 bits per heavy atom. The van der Waals surface area contributed by atoms with Gasteiger partial charge in [0.15, 0.2) is 0 Å². The quantitative estimate of drug-likeness (QED) is 0.634. The van der Waals surface area contributed by atoms with E-state index in [9.17, 15) is 4.79 Å². The van der Waals surface area contributed by atoms with E-state index >= 15 is 0 Å². The van der Waals surface area contributed by atoms with Gasteiger partial charge < -0.3 is 24.5 Å². The molecule has 1 aliphatic rings. The number of fused-ring (bicyclic) bond motifs is 1. The molecular formula is C19H19ClN6O4. The van der Waals surface area contributed by atoms with Crippen molar-refractivity contribution in [2.24, 2.45) is 0 Å². The number of rotatable bonds is 5. The SMILES string of the molecule is COc1cc(NC(=O)C2=C(C)Nc3nnnn3[C@H]2c2ccc(C)o2)c(OC)cc1Cl. The van der Waals surface area contributed by atoms with Crippen LogP contribution in [0.1, 0.15) is 24.5 Å². The fourth-order valence-electron chi connectivity index (χ4n) is 3.32. The van der Waals surface area contributed by atoms with Gasteiger partial charge in [0.1, 0.15) is 29.1 Å². The van der Waals surface area contributed by atoms with E-state index in [-0.39, 0.29) is 5.91 Å². The summed E-state index contributed by atoms with van der Waals surface area (Å²) in [7, 11) is 2.98. The van der Waals surface area contributed by atoms with Gasteiger partial charge in [0.25, 0.3) is 5.91 Å². The number of furan rings is 1. The highest BCUT2D eigenvalue weighted by Crippen LogP contribution is 2.39. The van der Waals surface area contributed by atoms with Crippen molar-refractivity contribution in [3.63, 3.8) is 0 Å². The zero-order valence-corrected chi connectivity index (χ0v) is 17.4. The van der Waals surface area contributed by atoms with Gasteiger partial charge in [-0.25, -0.2) is 0 Å². The number of nitrogens with one attached hydrogen (secondary N) is 2. The van der Waals surface area contributed by atoms with Crippen LogP contribution >= 0.6 is 11.6 Å². The number of hydrogen-bond acceptors (Lipinski definition) is 8. The van der Waals surface area contributed by atoms with E-state index < -0.39 is 6.04 Å². The molecule has 2 aromatic heterocycles. The third-order valence-corrected chi connectivity index (χ3v) is 5.01. The van der Waals surface area contributed by atoms with Gasteiger partial charge in [-0.2, -0.15) is 4.68 Å². The summed E-state index contributed by atoms with van der Waals surface area (Å²) in [4.78, 5) is 13.4. The molecule has 11 heteroatoms. The molecule has 0 aliphatic carbocycles. The highest BCUT2D eigenvalue weighted by atomic mass is 35.5. The number of aromatic nitrogens is 4. The van der Waals surface area contributed by atoms with Crippen LogP contribution in [0.2, 0.25) is 5.02 Å². The molecule has 4 rings (SSSR count). The molecule has 2 N–H and O–H groups in total. The maximum Gasteiger partial charge on any atom is 0.256 e. The Hall–Kier alpha value is -3.53. The lowest BCUT2D eigenvalue weighted by molar-refractivity contribution is -0.113. The van der Waals surface area contributed by atoms with E-state index in [2.05, 4.69) is 26.2 Å². The topological polar surface area (TPSA) is 116 Å². The summed E-state index contributed by atoms with van der Waals surface area (Å²) in [5.41, 5.74) is 1.38. The van der Waals surface area contributed by atoms with E-state index in [0.29, 0.717) is 50.9 Å². The number of allylic oxidation sites excluding steroid dienone is 1. The normalized spacial score (nSPS) is 15.4. The second-order valence-electron chi connectivity index (χ2n) is 6.60. The molecule has 1 atom stereocenters. The number of aryl methyl sites for hydroxylation is 1. The van der Waals surface area contributed by atoms with Gasteiger partial charge in [0, 0.05) is 17.8 Å². The van der Waals surface area contributed by atoms with Crippen molar-refractivity contribution in [1.29, 1.82) is 0 Å². The largest absolute Gasteiger partial charge is 0.495 e. The smallest absolute Gasteiger partial charge is 0.256 e. The molecule has 0 unspecified atom stereocenters. The lowest BCUT2D eigenvalue weighted by atomic mass is 10.00. The van der Waals surface area contributed by atoms with Crippen LogP contribution in [0.4, 0.5) is 11.6 Å². The van der Waals surface area contributed by atoms with Crippen molar-refractivity contribution < 1.29 is 18.7 Å².